The Labute approximate surface area is 206 Å². The first-order valence-corrected chi connectivity index (χ1v) is 12.7. The second-order valence-electron chi connectivity index (χ2n) is 9.78. The summed E-state index contributed by atoms with van der Waals surface area (Å²) >= 11 is 0. The second kappa shape index (κ2) is 11.1. The topological polar surface area (TPSA) is 84.0 Å². The summed E-state index contributed by atoms with van der Waals surface area (Å²) in [6, 6.07) is 11.5. The SMILES string of the molecule is O=C(Nc1ccc(OC2CCN(C(=O)CC3CCOCC3)CC2)cc1)C1CN(c2cccnc2)C1. The number of carbonyl (C=O) groups excluding carboxylic acids is 2. The summed E-state index contributed by atoms with van der Waals surface area (Å²) in [5.41, 5.74) is 1.82. The van der Waals surface area contributed by atoms with Gasteiger partial charge >= 0.3 is 0 Å². The molecule has 2 aromatic rings. The first-order chi connectivity index (χ1) is 17.1. The lowest BCUT2D eigenvalue weighted by atomic mass is 9.95. The molecule has 0 bridgehead atoms. The van der Waals surface area contributed by atoms with Gasteiger partial charge in [-0.1, -0.05) is 0 Å². The molecule has 3 fully saturated rings. The molecule has 8 nitrogen and oxygen atoms in total. The molecule has 0 aliphatic carbocycles. The summed E-state index contributed by atoms with van der Waals surface area (Å²) in [6.45, 7) is 4.46. The first-order valence-electron chi connectivity index (χ1n) is 12.7. The predicted molar refractivity (Wildman–Crippen MR) is 133 cm³/mol. The van der Waals surface area contributed by atoms with Crippen molar-refractivity contribution in [2.45, 2.75) is 38.2 Å². The van der Waals surface area contributed by atoms with Crippen LogP contribution in [0.2, 0.25) is 0 Å². The van der Waals surface area contributed by atoms with E-state index in [0.29, 0.717) is 25.4 Å². The van der Waals surface area contributed by atoms with Crippen LogP contribution in [0.1, 0.15) is 32.1 Å². The lowest BCUT2D eigenvalue weighted by Gasteiger charge is -2.39. The van der Waals surface area contributed by atoms with Crippen LogP contribution >= 0.6 is 0 Å². The van der Waals surface area contributed by atoms with Crippen LogP contribution in [0.5, 0.6) is 5.75 Å². The fraction of sp³-hybridized carbons (Fsp3) is 0.519. The largest absolute Gasteiger partial charge is 0.490 e. The summed E-state index contributed by atoms with van der Waals surface area (Å²) < 4.78 is 11.6. The van der Waals surface area contributed by atoms with Crippen molar-refractivity contribution < 1.29 is 19.1 Å². The molecule has 1 aromatic carbocycles. The standard InChI is InChI=1S/C27H34N4O4/c32-26(16-20-9-14-34-15-10-20)30-12-7-25(8-13-30)35-24-5-3-22(4-6-24)29-27(33)21-18-31(19-21)23-2-1-11-28-17-23/h1-6,11,17,20-21,25H,7-10,12-16,18-19H2,(H,29,33). The van der Waals surface area contributed by atoms with Crippen LogP contribution in [0.25, 0.3) is 0 Å². The number of aromatic nitrogens is 1. The van der Waals surface area contributed by atoms with Crippen LogP contribution < -0.4 is 15.0 Å². The van der Waals surface area contributed by atoms with E-state index in [1.807, 2.05) is 47.5 Å². The third kappa shape index (κ3) is 6.11. The lowest BCUT2D eigenvalue weighted by molar-refractivity contribution is -0.134. The van der Waals surface area contributed by atoms with Gasteiger partial charge in [-0.15, -0.1) is 0 Å². The molecule has 4 heterocycles. The van der Waals surface area contributed by atoms with Crippen molar-refractivity contribution in [1.29, 1.82) is 0 Å². The van der Waals surface area contributed by atoms with Crippen molar-refractivity contribution in [3.8, 4) is 5.75 Å². The number of piperidine rings is 1. The Bertz CT molecular complexity index is 980. The molecule has 1 N–H and O–H groups in total. The van der Waals surface area contributed by atoms with E-state index in [9.17, 15) is 9.59 Å². The number of benzene rings is 1. The van der Waals surface area contributed by atoms with Gasteiger partial charge in [0.2, 0.25) is 11.8 Å². The zero-order valence-corrected chi connectivity index (χ0v) is 20.1. The normalized spacial score (nSPS) is 19.8. The molecule has 5 rings (SSSR count). The number of amides is 2. The van der Waals surface area contributed by atoms with Gasteiger partial charge in [-0.25, -0.2) is 0 Å². The molecule has 3 aliphatic rings. The fourth-order valence-corrected chi connectivity index (χ4v) is 5.00. The number of ether oxygens (including phenoxy) is 2. The van der Waals surface area contributed by atoms with E-state index in [1.165, 1.54) is 0 Å². The summed E-state index contributed by atoms with van der Waals surface area (Å²) in [5.74, 6) is 1.54. The molecule has 1 aromatic heterocycles. The van der Waals surface area contributed by atoms with Crippen LogP contribution in [-0.4, -0.2) is 67.2 Å². The number of hydrogen-bond acceptors (Lipinski definition) is 6. The Morgan fingerprint density at radius 1 is 1.03 bits per heavy atom. The molecule has 3 aliphatic heterocycles. The van der Waals surface area contributed by atoms with Crippen molar-refractivity contribution in [3.63, 3.8) is 0 Å². The maximum Gasteiger partial charge on any atom is 0.231 e. The quantitative estimate of drug-likeness (QED) is 0.657. The van der Waals surface area contributed by atoms with Crippen molar-refractivity contribution in [2.75, 3.05) is 49.6 Å². The monoisotopic (exact) mass is 478 g/mol. The molecule has 0 radical (unpaired) electrons. The fourth-order valence-electron chi connectivity index (χ4n) is 5.00. The van der Waals surface area contributed by atoms with Crippen molar-refractivity contribution >= 4 is 23.2 Å². The second-order valence-corrected chi connectivity index (χ2v) is 9.78. The van der Waals surface area contributed by atoms with Crippen LogP contribution in [0.4, 0.5) is 11.4 Å². The Balaban J connectivity index is 1.02. The van der Waals surface area contributed by atoms with Gasteiger partial charge in [-0.05, 0) is 55.2 Å². The number of nitrogens with one attached hydrogen (secondary N) is 1. The first kappa shape index (κ1) is 23.6. The average molecular weight is 479 g/mol. The van der Waals surface area contributed by atoms with Gasteiger partial charge in [0, 0.05) is 70.5 Å². The van der Waals surface area contributed by atoms with E-state index >= 15 is 0 Å². The zero-order chi connectivity index (χ0) is 24.0. The maximum atomic E-state index is 12.6. The van der Waals surface area contributed by atoms with Crippen LogP contribution in [-0.2, 0) is 14.3 Å². The van der Waals surface area contributed by atoms with Gasteiger partial charge in [0.05, 0.1) is 17.8 Å². The number of hydrogen-bond donors (Lipinski definition) is 1. The molecule has 0 atom stereocenters. The highest BCUT2D eigenvalue weighted by atomic mass is 16.5. The van der Waals surface area contributed by atoms with E-state index in [-0.39, 0.29) is 23.8 Å². The Kier molecular flexibility index (Phi) is 7.47. The van der Waals surface area contributed by atoms with Gasteiger partial charge in [0.25, 0.3) is 0 Å². The predicted octanol–water partition coefficient (Wildman–Crippen LogP) is 3.34. The van der Waals surface area contributed by atoms with Gasteiger partial charge < -0.3 is 24.6 Å². The number of rotatable bonds is 7. The summed E-state index contributed by atoms with van der Waals surface area (Å²) in [6.07, 6.45) is 7.99. The van der Waals surface area contributed by atoms with Crippen molar-refractivity contribution in [1.82, 2.24) is 9.88 Å². The molecule has 35 heavy (non-hydrogen) atoms. The summed E-state index contributed by atoms with van der Waals surface area (Å²) in [5, 5.41) is 3.01. The molecule has 0 unspecified atom stereocenters. The summed E-state index contributed by atoms with van der Waals surface area (Å²) in [7, 11) is 0. The number of nitrogens with zero attached hydrogens (tertiary/aromatic N) is 3. The third-order valence-corrected chi connectivity index (χ3v) is 7.29. The lowest BCUT2D eigenvalue weighted by Crippen LogP contribution is -2.52. The minimum absolute atomic E-state index is 0.0227. The van der Waals surface area contributed by atoms with Gasteiger partial charge in [0.15, 0.2) is 0 Å². The van der Waals surface area contributed by atoms with Crippen LogP contribution in [0.15, 0.2) is 48.8 Å². The number of carbonyl (C=O) groups is 2. The Hall–Kier alpha value is -3.13. The smallest absolute Gasteiger partial charge is 0.231 e. The maximum absolute atomic E-state index is 12.6. The minimum Gasteiger partial charge on any atom is -0.490 e. The van der Waals surface area contributed by atoms with Crippen LogP contribution in [0, 0.1) is 11.8 Å². The molecule has 8 heteroatoms. The molecular formula is C27H34N4O4. The Morgan fingerprint density at radius 3 is 2.46 bits per heavy atom. The molecular weight excluding hydrogens is 444 g/mol. The number of likely N-dealkylation sites (tertiary alicyclic amines) is 1. The highest BCUT2D eigenvalue weighted by molar-refractivity contribution is 5.94. The average Bonchev–Trinajstić information content (AvgIpc) is 2.86. The third-order valence-electron chi connectivity index (χ3n) is 7.29. The van der Waals surface area contributed by atoms with Crippen molar-refractivity contribution in [2.24, 2.45) is 11.8 Å². The van der Waals surface area contributed by atoms with E-state index in [4.69, 9.17) is 9.47 Å². The van der Waals surface area contributed by atoms with Gasteiger partial charge in [-0.2, -0.15) is 0 Å². The molecule has 186 valence electrons. The molecule has 2 amide bonds. The zero-order valence-electron chi connectivity index (χ0n) is 20.1. The van der Waals surface area contributed by atoms with Gasteiger partial charge in [-0.3, -0.25) is 14.6 Å². The molecule has 0 saturated carbocycles. The Morgan fingerprint density at radius 2 is 1.77 bits per heavy atom. The van der Waals surface area contributed by atoms with E-state index < -0.39 is 0 Å². The van der Waals surface area contributed by atoms with E-state index in [1.54, 1.807) is 6.20 Å². The highest BCUT2D eigenvalue weighted by Crippen LogP contribution is 2.26. The van der Waals surface area contributed by atoms with Crippen molar-refractivity contribution in [3.05, 3.63) is 48.8 Å². The van der Waals surface area contributed by atoms with E-state index in [0.717, 1.165) is 69.1 Å². The minimum atomic E-state index is -0.0227. The van der Waals surface area contributed by atoms with Gasteiger partial charge in [0.1, 0.15) is 11.9 Å². The van der Waals surface area contributed by atoms with E-state index in [2.05, 4.69) is 15.2 Å². The number of pyridine rings is 1. The highest BCUT2D eigenvalue weighted by Gasteiger charge is 2.33. The summed E-state index contributed by atoms with van der Waals surface area (Å²) in [4.78, 5) is 33.5. The van der Waals surface area contributed by atoms with Crippen LogP contribution in [0.3, 0.4) is 0 Å². The molecule has 0 spiro atoms. The molecule has 3 saturated heterocycles. The number of anilines is 2.